The molecule has 2 aliphatic rings. The number of ether oxygens (including phenoxy) is 6. The zero-order valence-electron chi connectivity index (χ0n) is 35.5. The zero-order chi connectivity index (χ0) is 44.6. The van der Waals surface area contributed by atoms with Crippen LogP contribution in [0.2, 0.25) is 0 Å². The molecule has 2 heterocycles. The first kappa shape index (κ1) is 48.2. The number of rotatable bonds is 20. The molecule has 0 unspecified atom stereocenters. The minimum Gasteiger partial charge on any atom is -0.467 e. The zero-order valence-corrected chi connectivity index (χ0v) is 36.3. The summed E-state index contributed by atoms with van der Waals surface area (Å²) in [5.74, 6) is -7.30. The molecule has 4 rings (SSSR count). The van der Waals surface area contributed by atoms with Gasteiger partial charge in [0, 0.05) is 25.3 Å². The number of hydrogen-bond donors (Lipinski definition) is 2. The molecule has 0 amide bonds. The Bertz CT molecular complexity index is 1980. The SMILES string of the molecule is C=C(CC[C@@]12O[C@H](COS(=O)(=O)c3ccc(C)cc3)[C@@](O)(C(=O)OC)[C@@](C(=O)OC)(O1)[C@H](OC(=O)/C=C/[C@@H](C)C[C@@H](C)CC)[C@H]2O)[C@@H](OC(C)=O)[C@H](C)Cc1ccccc1. The Balaban J connectivity index is 1.82. The van der Waals surface area contributed by atoms with Crippen molar-refractivity contribution in [3.63, 3.8) is 0 Å². The molecule has 60 heavy (non-hydrogen) atoms. The van der Waals surface area contributed by atoms with Crippen molar-refractivity contribution in [2.24, 2.45) is 17.8 Å². The second-order valence-electron chi connectivity index (χ2n) is 15.8. The van der Waals surface area contributed by atoms with Crippen LogP contribution >= 0.6 is 0 Å². The third-order valence-electron chi connectivity index (χ3n) is 11.2. The third-order valence-corrected chi connectivity index (χ3v) is 12.5. The van der Waals surface area contributed by atoms with Crippen LogP contribution in [0.3, 0.4) is 0 Å². The first-order chi connectivity index (χ1) is 28.2. The van der Waals surface area contributed by atoms with Gasteiger partial charge in [0.25, 0.3) is 10.1 Å². The van der Waals surface area contributed by atoms with Crippen LogP contribution in [-0.4, -0.2) is 105 Å². The molecule has 0 aromatic heterocycles. The molecule has 2 aromatic rings. The topological polar surface area (TPSA) is 207 Å². The number of benzene rings is 2. The fourth-order valence-corrected chi connectivity index (χ4v) is 8.73. The van der Waals surface area contributed by atoms with Gasteiger partial charge in [-0.05, 0) is 61.3 Å². The van der Waals surface area contributed by atoms with Crippen molar-refractivity contribution in [1.29, 1.82) is 0 Å². The van der Waals surface area contributed by atoms with Crippen molar-refractivity contribution < 1.29 is 70.4 Å². The average Bonchev–Trinajstić information content (AvgIpc) is 3.43. The van der Waals surface area contributed by atoms with Crippen LogP contribution in [0.15, 0.2) is 83.8 Å². The molecule has 0 saturated carbocycles. The number of aliphatic hydroxyl groups excluding tert-OH is 1. The van der Waals surface area contributed by atoms with Crippen molar-refractivity contribution in [2.75, 3.05) is 20.8 Å². The summed E-state index contributed by atoms with van der Waals surface area (Å²) in [6.07, 6.45) is -3.25. The molecular formula is C44H58O15S. The molecule has 2 aliphatic heterocycles. The Morgan fingerprint density at radius 2 is 1.62 bits per heavy atom. The Morgan fingerprint density at radius 3 is 2.20 bits per heavy atom. The van der Waals surface area contributed by atoms with E-state index in [2.05, 4.69) is 13.5 Å². The van der Waals surface area contributed by atoms with Gasteiger partial charge in [-0.15, -0.1) is 0 Å². The lowest BCUT2D eigenvalue weighted by Crippen LogP contribution is -2.77. The van der Waals surface area contributed by atoms with Gasteiger partial charge in [0.15, 0.2) is 6.10 Å². The lowest BCUT2D eigenvalue weighted by Gasteiger charge is -2.50. The highest BCUT2D eigenvalue weighted by molar-refractivity contribution is 7.86. The number of allylic oxidation sites excluding steroid dienone is 1. The van der Waals surface area contributed by atoms with Gasteiger partial charge < -0.3 is 38.6 Å². The number of carbonyl (C=O) groups is 4. The Kier molecular flexibility index (Phi) is 16.0. The maximum Gasteiger partial charge on any atom is 0.346 e. The first-order valence-electron chi connectivity index (χ1n) is 19.9. The van der Waals surface area contributed by atoms with Crippen molar-refractivity contribution in [3.05, 3.63) is 90.0 Å². The van der Waals surface area contributed by atoms with E-state index < -0.39 is 88.4 Å². The van der Waals surface area contributed by atoms with Crippen LogP contribution in [0.4, 0.5) is 0 Å². The molecule has 10 atom stereocenters. The molecular weight excluding hydrogens is 801 g/mol. The van der Waals surface area contributed by atoms with Crippen molar-refractivity contribution in [3.8, 4) is 0 Å². The predicted molar refractivity (Wildman–Crippen MR) is 216 cm³/mol. The maximum atomic E-state index is 14.2. The number of esters is 4. The van der Waals surface area contributed by atoms with Crippen LogP contribution in [0, 0.1) is 24.7 Å². The van der Waals surface area contributed by atoms with E-state index in [0.717, 1.165) is 44.3 Å². The second-order valence-corrected chi connectivity index (χ2v) is 17.4. The summed E-state index contributed by atoms with van der Waals surface area (Å²) < 4.78 is 66.3. The predicted octanol–water partition coefficient (Wildman–Crippen LogP) is 4.69. The highest BCUT2D eigenvalue weighted by Gasteiger charge is 2.85. The molecule has 2 fully saturated rings. The Hall–Kier alpha value is -4.45. The second kappa shape index (κ2) is 19.9. The van der Waals surface area contributed by atoms with Gasteiger partial charge in [-0.1, -0.05) is 94.8 Å². The monoisotopic (exact) mass is 858 g/mol. The summed E-state index contributed by atoms with van der Waals surface area (Å²) in [6, 6.07) is 15.1. The highest BCUT2D eigenvalue weighted by atomic mass is 32.2. The number of hydrogen-bond acceptors (Lipinski definition) is 15. The number of carbonyl (C=O) groups excluding carboxylic acids is 4. The Labute approximate surface area is 352 Å². The highest BCUT2D eigenvalue weighted by Crippen LogP contribution is 2.56. The van der Waals surface area contributed by atoms with Crippen LogP contribution in [0.1, 0.15) is 71.4 Å². The molecule has 2 aromatic carbocycles. The number of methoxy groups -OCH3 is 2. The number of fused-ring (bicyclic) bond motifs is 2. The normalized spacial score (nSPS) is 27.0. The van der Waals surface area contributed by atoms with Gasteiger partial charge in [0.2, 0.25) is 17.0 Å². The number of aryl methyl sites for hydroxylation is 1. The van der Waals surface area contributed by atoms with E-state index in [9.17, 15) is 37.8 Å². The molecule has 330 valence electrons. The van der Waals surface area contributed by atoms with Crippen LogP contribution in [-0.2, 0) is 68.3 Å². The minimum atomic E-state index is -4.62. The van der Waals surface area contributed by atoms with Crippen LogP contribution in [0.25, 0.3) is 0 Å². The summed E-state index contributed by atoms with van der Waals surface area (Å²) in [6.45, 7) is 13.9. The van der Waals surface area contributed by atoms with E-state index in [1.165, 1.54) is 31.2 Å². The van der Waals surface area contributed by atoms with Gasteiger partial charge in [-0.25, -0.2) is 14.4 Å². The summed E-state index contributed by atoms with van der Waals surface area (Å²) in [5.41, 5.74) is -4.49. The molecule has 15 nitrogen and oxygen atoms in total. The van der Waals surface area contributed by atoms with Crippen molar-refractivity contribution in [2.45, 2.75) is 120 Å². The number of aliphatic hydroxyl groups is 2. The van der Waals surface area contributed by atoms with E-state index in [-0.39, 0.29) is 23.2 Å². The third kappa shape index (κ3) is 10.2. The lowest BCUT2D eigenvalue weighted by molar-refractivity contribution is -0.382. The van der Waals surface area contributed by atoms with Crippen LogP contribution in [0.5, 0.6) is 0 Å². The largest absolute Gasteiger partial charge is 0.467 e. The van der Waals surface area contributed by atoms with E-state index in [1.54, 1.807) is 13.0 Å². The molecule has 2 N–H and O–H groups in total. The summed E-state index contributed by atoms with van der Waals surface area (Å²) in [5, 5.41) is 24.8. The Morgan fingerprint density at radius 1 is 0.983 bits per heavy atom. The van der Waals surface area contributed by atoms with Crippen molar-refractivity contribution >= 4 is 34.0 Å². The summed E-state index contributed by atoms with van der Waals surface area (Å²) in [4.78, 5) is 53.7. The van der Waals surface area contributed by atoms with Crippen LogP contribution < -0.4 is 0 Å². The van der Waals surface area contributed by atoms with Crippen molar-refractivity contribution in [1.82, 2.24) is 0 Å². The summed E-state index contributed by atoms with van der Waals surface area (Å²) in [7, 11) is -2.84. The van der Waals surface area contributed by atoms with Gasteiger partial charge in [0.1, 0.15) is 18.3 Å². The lowest BCUT2D eigenvalue weighted by atomic mass is 9.74. The van der Waals surface area contributed by atoms with Gasteiger partial charge in [-0.3, -0.25) is 8.98 Å². The quantitative estimate of drug-likeness (QED) is 0.0609. The fourth-order valence-electron chi connectivity index (χ4n) is 7.82. The molecule has 2 bridgehead atoms. The van der Waals surface area contributed by atoms with Gasteiger partial charge in [0.05, 0.1) is 25.7 Å². The van der Waals surface area contributed by atoms with Gasteiger partial charge in [-0.2, -0.15) is 8.42 Å². The van der Waals surface area contributed by atoms with Gasteiger partial charge >= 0.3 is 23.9 Å². The molecule has 2 saturated heterocycles. The van der Waals surface area contributed by atoms with E-state index in [1.807, 2.05) is 51.1 Å². The van der Waals surface area contributed by atoms with E-state index in [0.29, 0.717) is 17.9 Å². The molecule has 0 aliphatic carbocycles. The fraction of sp³-hybridized carbons (Fsp3) is 0.545. The molecule has 16 heteroatoms. The minimum absolute atomic E-state index is 0.0924. The summed E-state index contributed by atoms with van der Waals surface area (Å²) >= 11 is 0. The smallest absolute Gasteiger partial charge is 0.346 e. The van der Waals surface area contributed by atoms with E-state index >= 15 is 0 Å². The molecule has 0 spiro atoms. The average molecular weight is 859 g/mol. The maximum absolute atomic E-state index is 14.2. The first-order valence-corrected chi connectivity index (χ1v) is 21.3. The molecule has 0 radical (unpaired) electrons. The standard InChI is InChI=1S/C44H58O15S/c1-10-27(2)24-29(4)18-21-36(46)57-39-38(47)42(23-22-30(5)37(56-32(7)45)31(6)25-33-14-12-11-13-15-33)58-35(26-55-60(51,52)34-19-16-28(3)17-20-34)43(50,40(48)53-8)44(39,59-42)41(49)54-9/h11-21,27,29,31,35,37-39,47,50H,5,10,22-26H2,1-4,6-9H3/b21-18+/t27-,29+,31+,35+,37+,38+,39+,42+,43+,44+/m0/s1. The van der Waals surface area contributed by atoms with E-state index in [4.69, 9.17) is 32.6 Å².